The molecule has 0 fully saturated rings. The summed E-state index contributed by atoms with van der Waals surface area (Å²) >= 11 is 1.22. The van der Waals surface area contributed by atoms with Crippen LogP contribution in [0.3, 0.4) is 0 Å². The number of amides is 1. The Morgan fingerprint density at radius 2 is 2.37 bits per heavy atom. The smallest absolute Gasteiger partial charge is 0.301 e. The molecule has 100 valence electrons. The molecule has 0 saturated carbocycles. The highest BCUT2D eigenvalue weighted by Gasteiger charge is 2.14. The number of nitrogens with one attached hydrogen (secondary N) is 2. The fourth-order valence-corrected chi connectivity index (χ4v) is 2.24. The highest BCUT2D eigenvalue weighted by molar-refractivity contribution is 7.98. The van der Waals surface area contributed by atoms with E-state index in [4.69, 9.17) is 16.0 Å². The van der Waals surface area contributed by atoms with E-state index in [0.29, 0.717) is 16.5 Å². The minimum atomic E-state index is -0.519. The lowest BCUT2D eigenvalue weighted by Gasteiger charge is -2.02. The first-order valence-electron chi connectivity index (χ1n) is 5.17. The third-order valence-corrected chi connectivity index (χ3v) is 3.11. The fraction of sp³-hybridized carbons (Fsp3) is 0.100. The van der Waals surface area contributed by atoms with Gasteiger partial charge in [0.2, 0.25) is 0 Å². The minimum Gasteiger partial charge on any atom is -0.459 e. The summed E-state index contributed by atoms with van der Waals surface area (Å²) in [5.41, 5.74) is 7.76. The number of thioether (sulfide) groups is 1. The highest BCUT2D eigenvalue weighted by Crippen LogP contribution is 2.22. The summed E-state index contributed by atoms with van der Waals surface area (Å²) < 4.78 is 5.03. The van der Waals surface area contributed by atoms with Crippen molar-refractivity contribution in [3.8, 4) is 0 Å². The largest absolute Gasteiger partial charge is 0.459 e. The Hall–Kier alpha value is -2.26. The van der Waals surface area contributed by atoms with Crippen LogP contribution in [0.2, 0.25) is 0 Å². The van der Waals surface area contributed by atoms with Crippen LogP contribution in [0.5, 0.6) is 0 Å². The first-order chi connectivity index (χ1) is 9.10. The summed E-state index contributed by atoms with van der Waals surface area (Å²) in [6.07, 6.45) is 1.38. The summed E-state index contributed by atoms with van der Waals surface area (Å²) in [5, 5.41) is 0.366. The number of hydrogen-bond acceptors (Lipinski definition) is 7. The zero-order chi connectivity index (χ0) is 13.8. The molecule has 0 bridgehead atoms. The van der Waals surface area contributed by atoms with Crippen LogP contribution < -0.4 is 22.6 Å². The molecule has 0 spiro atoms. The van der Waals surface area contributed by atoms with E-state index in [0.717, 1.165) is 0 Å². The normalized spacial score (nSPS) is 10.4. The Kier molecular flexibility index (Phi) is 3.88. The maximum atomic E-state index is 11.4. The number of nitrogen functional groups attached to an aromatic ring is 2. The predicted molar refractivity (Wildman–Crippen MR) is 69.2 cm³/mol. The van der Waals surface area contributed by atoms with Crippen LogP contribution in [0.25, 0.3) is 0 Å². The molecule has 8 nitrogen and oxygen atoms in total. The molecule has 0 saturated heterocycles. The molecule has 2 rings (SSSR count). The molecule has 9 heteroatoms. The van der Waals surface area contributed by atoms with Gasteiger partial charge >= 0.3 is 5.91 Å². The van der Waals surface area contributed by atoms with Crippen LogP contribution in [0.1, 0.15) is 16.1 Å². The van der Waals surface area contributed by atoms with Gasteiger partial charge in [0.05, 0.1) is 6.26 Å². The van der Waals surface area contributed by atoms with Gasteiger partial charge in [0, 0.05) is 17.4 Å². The van der Waals surface area contributed by atoms with Gasteiger partial charge in [-0.05, 0) is 6.07 Å². The molecular formula is C10H11N5O3S. The van der Waals surface area contributed by atoms with Crippen molar-refractivity contribution in [2.45, 2.75) is 10.9 Å². The van der Waals surface area contributed by atoms with Gasteiger partial charge in [0.15, 0.2) is 10.9 Å². The number of aromatic amines is 1. The molecule has 0 aliphatic carbocycles. The fourth-order valence-electron chi connectivity index (χ4n) is 1.38. The number of nitrogens with zero attached hydrogens (tertiary/aromatic N) is 1. The summed E-state index contributed by atoms with van der Waals surface area (Å²) in [4.78, 5) is 29.1. The first-order valence-corrected chi connectivity index (χ1v) is 6.15. The van der Waals surface area contributed by atoms with Crippen LogP contribution in [0.4, 0.5) is 5.82 Å². The molecule has 0 aromatic carbocycles. The average molecular weight is 281 g/mol. The molecule has 0 aliphatic rings. The second-order valence-electron chi connectivity index (χ2n) is 3.51. The van der Waals surface area contributed by atoms with Gasteiger partial charge in [-0.1, -0.05) is 11.8 Å². The zero-order valence-corrected chi connectivity index (χ0v) is 10.5. The van der Waals surface area contributed by atoms with Gasteiger partial charge in [0.1, 0.15) is 5.82 Å². The van der Waals surface area contributed by atoms with Crippen LogP contribution in [-0.4, -0.2) is 15.9 Å². The van der Waals surface area contributed by atoms with E-state index in [1.807, 2.05) is 5.43 Å². The third-order valence-electron chi connectivity index (χ3n) is 2.19. The number of hydrogen-bond donors (Lipinski definition) is 4. The van der Waals surface area contributed by atoms with Crippen molar-refractivity contribution in [1.29, 1.82) is 0 Å². The average Bonchev–Trinajstić information content (AvgIpc) is 2.82. The van der Waals surface area contributed by atoms with Crippen molar-refractivity contribution in [2.75, 3.05) is 5.73 Å². The Morgan fingerprint density at radius 1 is 1.58 bits per heavy atom. The van der Waals surface area contributed by atoms with E-state index in [1.165, 1.54) is 24.1 Å². The Labute approximate surface area is 111 Å². The van der Waals surface area contributed by atoms with Gasteiger partial charge in [-0.25, -0.2) is 10.8 Å². The summed E-state index contributed by atoms with van der Waals surface area (Å²) in [6, 6.07) is 2.83. The number of nitrogens with two attached hydrogens (primary N) is 2. The molecule has 0 radical (unpaired) electrons. The Morgan fingerprint density at radius 3 is 3.05 bits per heavy atom. The first kappa shape index (κ1) is 13.2. The molecule has 0 unspecified atom stereocenters. The molecule has 2 aromatic heterocycles. The van der Waals surface area contributed by atoms with Gasteiger partial charge in [0.25, 0.3) is 5.56 Å². The standard InChI is InChI=1S/C10H11N5O3S/c11-6-3-7(16)14-10(13-6)19-4-5-1-2-18-8(5)9(17)15-12/h1-3H,4,12H2,(H,15,17)(H3,11,13,14,16). The van der Waals surface area contributed by atoms with E-state index in [-0.39, 0.29) is 17.1 Å². The van der Waals surface area contributed by atoms with E-state index >= 15 is 0 Å². The van der Waals surface area contributed by atoms with Gasteiger partial charge in [-0.3, -0.25) is 15.0 Å². The lowest BCUT2D eigenvalue weighted by Crippen LogP contribution is -2.30. The van der Waals surface area contributed by atoms with Crippen LogP contribution in [0, 0.1) is 0 Å². The van der Waals surface area contributed by atoms with Crippen molar-refractivity contribution in [3.63, 3.8) is 0 Å². The molecule has 0 atom stereocenters. The zero-order valence-electron chi connectivity index (χ0n) is 9.67. The number of rotatable bonds is 4. The van der Waals surface area contributed by atoms with E-state index in [9.17, 15) is 9.59 Å². The van der Waals surface area contributed by atoms with Crippen molar-refractivity contribution in [2.24, 2.45) is 5.84 Å². The van der Waals surface area contributed by atoms with E-state index in [2.05, 4.69) is 9.97 Å². The van der Waals surface area contributed by atoms with Crippen molar-refractivity contribution in [1.82, 2.24) is 15.4 Å². The monoisotopic (exact) mass is 281 g/mol. The quantitative estimate of drug-likeness (QED) is 0.201. The lowest BCUT2D eigenvalue weighted by atomic mass is 10.3. The predicted octanol–water partition coefficient (Wildman–Crippen LogP) is -0.159. The van der Waals surface area contributed by atoms with Gasteiger partial charge in [-0.15, -0.1) is 0 Å². The maximum absolute atomic E-state index is 11.4. The second kappa shape index (κ2) is 5.59. The molecule has 0 aliphatic heterocycles. The summed E-state index contributed by atoms with van der Waals surface area (Å²) in [5.74, 6) is 5.16. The minimum absolute atomic E-state index is 0.126. The van der Waals surface area contributed by atoms with Crippen molar-refractivity contribution < 1.29 is 9.21 Å². The molecule has 6 N–H and O–H groups in total. The summed E-state index contributed by atoms with van der Waals surface area (Å²) in [6.45, 7) is 0. The molecule has 2 heterocycles. The number of carbonyl (C=O) groups is 1. The number of hydrazine groups is 1. The summed E-state index contributed by atoms with van der Waals surface area (Å²) in [7, 11) is 0. The highest BCUT2D eigenvalue weighted by atomic mass is 32.2. The third kappa shape index (κ3) is 3.14. The van der Waals surface area contributed by atoms with Gasteiger partial charge in [-0.2, -0.15) is 0 Å². The van der Waals surface area contributed by atoms with Crippen LogP contribution >= 0.6 is 11.8 Å². The lowest BCUT2D eigenvalue weighted by molar-refractivity contribution is 0.0925. The van der Waals surface area contributed by atoms with Crippen LogP contribution in [-0.2, 0) is 5.75 Å². The Bertz CT molecular complexity index is 651. The molecule has 2 aromatic rings. The van der Waals surface area contributed by atoms with E-state index < -0.39 is 5.91 Å². The van der Waals surface area contributed by atoms with Crippen molar-refractivity contribution >= 4 is 23.5 Å². The number of H-pyrrole nitrogens is 1. The number of carbonyl (C=O) groups excluding carboxylic acids is 1. The number of aromatic nitrogens is 2. The topological polar surface area (TPSA) is 140 Å². The molecule has 19 heavy (non-hydrogen) atoms. The number of furan rings is 1. The maximum Gasteiger partial charge on any atom is 0.301 e. The number of anilines is 1. The molecule has 1 amide bonds. The van der Waals surface area contributed by atoms with E-state index in [1.54, 1.807) is 6.07 Å². The molecular weight excluding hydrogens is 270 g/mol. The Balaban J connectivity index is 2.12. The van der Waals surface area contributed by atoms with Crippen LogP contribution in [0.15, 0.2) is 32.8 Å². The van der Waals surface area contributed by atoms with Crippen molar-refractivity contribution in [3.05, 3.63) is 40.1 Å². The second-order valence-corrected chi connectivity index (χ2v) is 4.48. The van der Waals surface area contributed by atoms with Gasteiger partial charge < -0.3 is 15.1 Å². The SMILES string of the molecule is NNC(=O)c1occc1CSc1nc(N)cc(=O)[nH]1.